The van der Waals surface area contributed by atoms with Crippen LogP contribution in [0.25, 0.3) is 0 Å². The topological polar surface area (TPSA) is 44.4 Å². The van der Waals surface area contributed by atoms with Crippen LogP contribution in [0.2, 0.25) is 0 Å². The van der Waals surface area contributed by atoms with E-state index in [0.717, 1.165) is 47.3 Å². The molecule has 19 heavy (non-hydrogen) atoms. The van der Waals surface area contributed by atoms with Crippen LogP contribution in [0.5, 0.6) is 0 Å². The smallest absolute Gasteiger partial charge is 0.238 e. The Bertz CT molecular complexity index is 468. The van der Waals surface area contributed by atoms with Gasteiger partial charge >= 0.3 is 0 Å². The third kappa shape index (κ3) is 3.09. The van der Waals surface area contributed by atoms with Gasteiger partial charge in [-0.3, -0.25) is 9.69 Å². The van der Waals surface area contributed by atoms with Crippen molar-refractivity contribution >= 4 is 34.2 Å². The Hall–Kier alpha value is -0.660. The fraction of sp³-hybridized carbons (Fsp3) is 0.500. The lowest BCUT2D eigenvalue weighted by molar-refractivity contribution is -0.117. The number of carbonyl (C=O) groups is 1. The largest absolute Gasteiger partial charge is 0.324 e. The maximum Gasteiger partial charge on any atom is 0.238 e. The lowest BCUT2D eigenvalue weighted by atomic mass is 10.0. The van der Waals surface area contributed by atoms with Crippen LogP contribution in [0.1, 0.15) is 0 Å². The highest BCUT2D eigenvalue weighted by Crippen LogP contribution is 2.26. The number of hydrogen-bond acceptors (Lipinski definition) is 3. The maximum atomic E-state index is 12.1. The Morgan fingerprint density at radius 1 is 1.32 bits per heavy atom. The molecule has 2 saturated heterocycles. The summed E-state index contributed by atoms with van der Waals surface area (Å²) in [6.07, 6.45) is 0. The second-order valence-corrected chi connectivity index (χ2v) is 6.56. The first kappa shape index (κ1) is 13.3. The molecule has 0 saturated carbocycles. The number of nitrogens with zero attached hydrogens (tertiary/aromatic N) is 1. The molecule has 0 aromatic heterocycles. The van der Waals surface area contributed by atoms with Gasteiger partial charge in [0, 0.05) is 16.7 Å². The Morgan fingerprint density at radius 2 is 2.00 bits per heavy atom. The number of nitrogens with one attached hydrogen (secondary N) is 2. The van der Waals surface area contributed by atoms with Crippen LogP contribution in [0.15, 0.2) is 24.3 Å². The zero-order valence-corrected chi connectivity index (χ0v) is 12.9. The second kappa shape index (κ2) is 5.76. The van der Waals surface area contributed by atoms with Gasteiger partial charge in [-0.25, -0.2) is 0 Å². The molecule has 2 unspecified atom stereocenters. The van der Waals surface area contributed by atoms with Crippen molar-refractivity contribution in [2.45, 2.75) is 0 Å². The van der Waals surface area contributed by atoms with Crippen molar-refractivity contribution in [1.82, 2.24) is 10.2 Å². The number of amides is 1. The van der Waals surface area contributed by atoms with Gasteiger partial charge in [0.25, 0.3) is 0 Å². The molecule has 0 radical (unpaired) electrons. The lowest BCUT2D eigenvalue weighted by Gasteiger charge is -2.16. The second-order valence-electron chi connectivity index (χ2n) is 5.40. The number of halogens is 1. The van der Waals surface area contributed by atoms with Crippen molar-refractivity contribution in [3.05, 3.63) is 27.8 Å². The molecule has 5 heteroatoms. The molecule has 3 rings (SSSR count). The summed E-state index contributed by atoms with van der Waals surface area (Å²) < 4.78 is 1.08. The number of anilines is 1. The van der Waals surface area contributed by atoms with E-state index in [-0.39, 0.29) is 5.91 Å². The van der Waals surface area contributed by atoms with Gasteiger partial charge in [-0.15, -0.1) is 0 Å². The molecule has 0 spiro atoms. The molecule has 1 aromatic rings. The fourth-order valence-corrected chi connectivity index (χ4v) is 3.56. The standard InChI is InChI=1S/C14H18IN3O/c15-12-3-1-2-4-13(12)17-14(19)9-18-7-10-5-16-6-11(10)8-18/h1-4,10-11,16H,5-9H2,(H,17,19). The van der Waals surface area contributed by atoms with E-state index in [1.54, 1.807) is 0 Å². The molecule has 1 amide bonds. The van der Waals surface area contributed by atoms with E-state index in [0.29, 0.717) is 6.54 Å². The van der Waals surface area contributed by atoms with Crippen LogP contribution in [0.4, 0.5) is 5.69 Å². The zero-order valence-electron chi connectivity index (χ0n) is 10.7. The molecule has 0 bridgehead atoms. The van der Waals surface area contributed by atoms with Gasteiger partial charge in [0.1, 0.15) is 0 Å². The summed E-state index contributed by atoms with van der Waals surface area (Å²) in [6, 6.07) is 7.88. The molecule has 2 N–H and O–H groups in total. The average molecular weight is 371 g/mol. The van der Waals surface area contributed by atoms with Crippen LogP contribution in [0, 0.1) is 15.4 Å². The van der Waals surface area contributed by atoms with Crippen molar-refractivity contribution in [1.29, 1.82) is 0 Å². The van der Waals surface area contributed by atoms with E-state index in [2.05, 4.69) is 38.1 Å². The monoisotopic (exact) mass is 371 g/mol. The molecular formula is C14H18IN3O. The SMILES string of the molecule is O=C(CN1CC2CNCC2C1)Nc1ccccc1I. The summed E-state index contributed by atoms with van der Waals surface area (Å²) in [4.78, 5) is 14.3. The van der Waals surface area contributed by atoms with Gasteiger partial charge in [0.05, 0.1) is 12.2 Å². The molecule has 2 aliphatic heterocycles. The number of para-hydroxylation sites is 1. The molecule has 2 fully saturated rings. The Labute approximate surface area is 127 Å². The average Bonchev–Trinajstić information content (AvgIpc) is 2.92. The summed E-state index contributed by atoms with van der Waals surface area (Å²) in [6.45, 7) is 4.84. The Morgan fingerprint density at radius 3 is 2.68 bits per heavy atom. The minimum Gasteiger partial charge on any atom is -0.324 e. The highest BCUT2D eigenvalue weighted by atomic mass is 127. The number of rotatable bonds is 3. The first-order chi connectivity index (χ1) is 9.22. The van der Waals surface area contributed by atoms with E-state index in [1.807, 2.05) is 24.3 Å². The van der Waals surface area contributed by atoms with Gasteiger partial charge in [-0.1, -0.05) is 12.1 Å². The molecule has 1 aromatic carbocycles. The summed E-state index contributed by atoms with van der Waals surface area (Å²) in [5, 5.41) is 6.42. The van der Waals surface area contributed by atoms with Crippen molar-refractivity contribution < 1.29 is 4.79 Å². The van der Waals surface area contributed by atoms with Crippen LogP contribution < -0.4 is 10.6 Å². The quantitative estimate of drug-likeness (QED) is 0.790. The number of hydrogen-bond donors (Lipinski definition) is 2. The molecule has 2 heterocycles. The third-order valence-electron chi connectivity index (χ3n) is 3.98. The van der Waals surface area contributed by atoms with Gasteiger partial charge < -0.3 is 10.6 Å². The van der Waals surface area contributed by atoms with Gasteiger partial charge in [0.15, 0.2) is 0 Å². The summed E-state index contributed by atoms with van der Waals surface area (Å²) in [5.74, 6) is 1.58. The van der Waals surface area contributed by atoms with Crippen molar-refractivity contribution in [2.24, 2.45) is 11.8 Å². The van der Waals surface area contributed by atoms with Crippen molar-refractivity contribution in [2.75, 3.05) is 38.0 Å². The number of benzene rings is 1. The molecule has 102 valence electrons. The third-order valence-corrected chi connectivity index (χ3v) is 4.92. The number of fused-ring (bicyclic) bond motifs is 1. The van der Waals surface area contributed by atoms with Crippen molar-refractivity contribution in [3.8, 4) is 0 Å². The highest BCUT2D eigenvalue weighted by molar-refractivity contribution is 14.1. The summed E-state index contributed by atoms with van der Waals surface area (Å²) >= 11 is 2.24. The van der Waals surface area contributed by atoms with Gasteiger partial charge in [-0.2, -0.15) is 0 Å². The number of likely N-dealkylation sites (tertiary alicyclic amines) is 1. The van der Waals surface area contributed by atoms with Crippen LogP contribution in [0.3, 0.4) is 0 Å². The molecule has 2 aliphatic rings. The van der Waals surface area contributed by atoms with Crippen LogP contribution in [-0.2, 0) is 4.79 Å². The summed E-state index contributed by atoms with van der Waals surface area (Å²) in [7, 11) is 0. The van der Waals surface area contributed by atoms with E-state index < -0.39 is 0 Å². The van der Waals surface area contributed by atoms with Crippen molar-refractivity contribution in [3.63, 3.8) is 0 Å². The van der Waals surface area contributed by atoms with E-state index in [4.69, 9.17) is 0 Å². The van der Waals surface area contributed by atoms with E-state index in [9.17, 15) is 4.79 Å². The zero-order chi connectivity index (χ0) is 13.2. The van der Waals surface area contributed by atoms with E-state index in [1.165, 1.54) is 0 Å². The predicted molar refractivity (Wildman–Crippen MR) is 84.1 cm³/mol. The van der Waals surface area contributed by atoms with Crippen LogP contribution >= 0.6 is 22.6 Å². The molecule has 4 nitrogen and oxygen atoms in total. The Kier molecular flexibility index (Phi) is 4.04. The molecule has 0 aliphatic carbocycles. The predicted octanol–water partition coefficient (Wildman–Crippen LogP) is 1.38. The molecule has 2 atom stereocenters. The molecular weight excluding hydrogens is 353 g/mol. The number of carbonyl (C=O) groups excluding carboxylic acids is 1. The van der Waals surface area contributed by atoms with Gasteiger partial charge in [-0.05, 0) is 59.6 Å². The lowest BCUT2D eigenvalue weighted by Crippen LogP contribution is -2.33. The van der Waals surface area contributed by atoms with Crippen LogP contribution in [-0.4, -0.2) is 43.5 Å². The Balaban J connectivity index is 1.53. The highest BCUT2D eigenvalue weighted by Gasteiger charge is 2.36. The normalized spacial score (nSPS) is 26.4. The first-order valence-corrected chi connectivity index (χ1v) is 7.77. The minimum atomic E-state index is 0.0945. The maximum absolute atomic E-state index is 12.1. The first-order valence-electron chi connectivity index (χ1n) is 6.70. The van der Waals surface area contributed by atoms with E-state index >= 15 is 0 Å². The van der Waals surface area contributed by atoms with Gasteiger partial charge in [0.2, 0.25) is 5.91 Å². The minimum absolute atomic E-state index is 0.0945. The fourth-order valence-electron chi connectivity index (χ4n) is 3.04. The summed E-state index contributed by atoms with van der Waals surface area (Å²) in [5.41, 5.74) is 0.911.